The molecule has 2 atom stereocenters. The first-order valence-electron chi connectivity index (χ1n) is 6.65. The fourth-order valence-electron chi connectivity index (χ4n) is 1.58. The first kappa shape index (κ1) is 20.5. The molecule has 114 valence electrons. The minimum absolute atomic E-state index is 0. The molecule has 0 aliphatic rings. The smallest absolute Gasteiger partial charge is 0.320 e. The molecule has 0 spiro atoms. The van der Waals surface area contributed by atoms with Crippen molar-refractivity contribution in [2.24, 2.45) is 5.92 Å². The summed E-state index contributed by atoms with van der Waals surface area (Å²) in [6.07, 6.45) is 2.22. The Balaban J connectivity index is 0. The summed E-state index contributed by atoms with van der Waals surface area (Å²) < 4.78 is 0. The van der Waals surface area contributed by atoms with E-state index in [0.717, 1.165) is 12.8 Å². The van der Waals surface area contributed by atoms with E-state index in [1.807, 2.05) is 6.92 Å². The van der Waals surface area contributed by atoms with Crippen LogP contribution in [-0.2, 0) is 9.59 Å². The van der Waals surface area contributed by atoms with Crippen LogP contribution in [0.15, 0.2) is 0 Å². The van der Waals surface area contributed by atoms with Gasteiger partial charge in [0, 0.05) is 6.54 Å². The van der Waals surface area contributed by atoms with E-state index in [4.69, 9.17) is 5.11 Å². The van der Waals surface area contributed by atoms with Gasteiger partial charge in [-0.25, -0.2) is 0 Å². The summed E-state index contributed by atoms with van der Waals surface area (Å²) in [7, 11) is 0. The number of rotatable bonds is 9. The molecule has 0 aliphatic heterocycles. The Kier molecular flexibility index (Phi) is 11.9. The van der Waals surface area contributed by atoms with Crippen LogP contribution in [-0.4, -0.2) is 35.6 Å². The monoisotopic (exact) mass is 294 g/mol. The second kappa shape index (κ2) is 11.1. The Hall–Kier alpha value is -0.810. The third-order valence-electron chi connectivity index (χ3n) is 2.74. The predicted molar refractivity (Wildman–Crippen MR) is 78.6 cm³/mol. The van der Waals surface area contributed by atoms with E-state index >= 15 is 0 Å². The molecule has 0 aliphatic carbocycles. The molecule has 5 nitrogen and oxygen atoms in total. The summed E-state index contributed by atoms with van der Waals surface area (Å²) in [6.45, 7) is 8.43. The van der Waals surface area contributed by atoms with E-state index in [1.54, 1.807) is 6.92 Å². The summed E-state index contributed by atoms with van der Waals surface area (Å²) in [6, 6.07) is -1.13. The van der Waals surface area contributed by atoms with Crippen LogP contribution < -0.4 is 10.6 Å². The zero-order chi connectivity index (χ0) is 14.1. The average Bonchev–Trinajstić information content (AvgIpc) is 2.27. The van der Waals surface area contributed by atoms with Gasteiger partial charge in [0.1, 0.15) is 6.04 Å². The molecule has 0 aromatic heterocycles. The topological polar surface area (TPSA) is 78.4 Å². The maximum atomic E-state index is 11.7. The molecule has 0 aromatic rings. The van der Waals surface area contributed by atoms with Gasteiger partial charge in [-0.1, -0.05) is 27.2 Å². The van der Waals surface area contributed by atoms with Crippen LogP contribution in [0.4, 0.5) is 0 Å². The summed E-state index contributed by atoms with van der Waals surface area (Å²) in [5, 5.41) is 14.6. The number of nitrogens with one attached hydrogen (secondary N) is 2. The van der Waals surface area contributed by atoms with E-state index in [9.17, 15) is 9.59 Å². The molecule has 0 saturated carbocycles. The van der Waals surface area contributed by atoms with Gasteiger partial charge >= 0.3 is 5.97 Å². The van der Waals surface area contributed by atoms with Crippen molar-refractivity contribution >= 4 is 24.3 Å². The lowest BCUT2D eigenvalue weighted by atomic mass is 10.1. The van der Waals surface area contributed by atoms with E-state index in [0.29, 0.717) is 18.9 Å². The lowest BCUT2D eigenvalue weighted by Gasteiger charge is -2.19. The third kappa shape index (κ3) is 9.73. The molecule has 2 unspecified atom stereocenters. The standard InChI is InChI=1S/C13H26N2O3.ClH/c1-5-6-11(13(17)18)15-10(4)12(16)14-8-7-9(2)3;/h9-11,15H,5-8H2,1-4H3,(H,14,16)(H,17,18);1H. The molecule has 0 aromatic carbocycles. The van der Waals surface area contributed by atoms with Crippen molar-refractivity contribution in [2.45, 2.75) is 59.0 Å². The quantitative estimate of drug-likeness (QED) is 0.606. The highest BCUT2D eigenvalue weighted by Crippen LogP contribution is 2.00. The average molecular weight is 295 g/mol. The number of carboxylic acid groups (broad SMARTS) is 1. The van der Waals surface area contributed by atoms with Gasteiger partial charge in [0.25, 0.3) is 0 Å². The van der Waals surface area contributed by atoms with Gasteiger partial charge < -0.3 is 10.4 Å². The lowest BCUT2D eigenvalue weighted by molar-refractivity contribution is -0.140. The summed E-state index contributed by atoms with van der Waals surface area (Å²) >= 11 is 0. The number of carboxylic acids is 1. The second-order valence-corrected chi connectivity index (χ2v) is 5.04. The van der Waals surface area contributed by atoms with Gasteiger partial charge in [-0.3, -0.25) is 14.9 Å². The van der Waals surface area contributed by atoms with Gasteiger partial charge in [-0.15, -0.1) is 12.4 Å². The van der Waals surface area contributed by atoms with E-state index in [2.05, 4.69) is 24.5 Å². The Labute approximate surface area is 121 Å². The van der Waals surface area contributed by atoms with Crippen LogP contribution in [0.3, 0.4) is 0 Å². The number of carbonyl (C=O) groups is 2. The summed E-state index contributed by atoms with van der Waals surface area (Å²) in [5.74, 6) is -0.503. The van der Waals surface area contributed by atoms with Crippen LogP contribution in [0.2, 0.25) is 0 Å². The predicted octanol–water partition coefficient (Wildman–Crippen LogP) is 1.80. The van der Waals surface area contributed by atoms with E-state index in [1.165, 1.54) is 0 Å². The molecular weight excluding hydrogens is 268 g/mol. The Bertz CT molecular complexity index is 273. The van der Waals surface area contributed by atoms with E-state index in [-0.39, 0.29) is 18.3 Å². The number of hydrogen-bond acceptors (Lipinski definition) is 3. The molecule has 1 amide bonds. The van der Waals surface area contributed by atoms with Crippen molar-refractivity contribution in [1.29, 1.82) is 0 Å². The number of halogens is 1. The van der Waals surface area contributed by atoms with Crippen LogP contribution >= 0.6 is 12.4 Å². The first-order chi connectivity index (χ1) is 8.38. The highest BCUT2D eigenvalue weighted by Gasteiger charge is 2.21. The number of carbonyl (C=O) groups excluding carboxylic acids is 1. The Morgan fingerprint density at radius 2 is 1.74 bits per heavy atom. The van der Waals surface area contributed by atoms with Crippen molar-refractivity contribution in [1.82, 2.24) is 10.6 Å². The minimum Gasteiger partial charge on any atom is -0.480 e. The van der Waals surface area contributed by atoms with Gasteiger partial charge in [0.05, 0.1) is 6.04 Å². The van der Waals surface area contributed by atoms with Gasteiger partial charge in [0.15, 0.2) is 0 Å². The molecule has 0 bridgehead atoms. The largest absolute Gasteiger partial charge is 0.480 e. The van der Waals surface area contributed by atoms with Crippen LogP contribution in [0.5, 0.6) is 0 Å². The molecular formula is C13H27ClN2O3. The van der Waals surface area contributed by atoms with Crippen LogP contribution in [0.1, 0.15) is 47.0 Å². The molecule has 19 heavy (non-hydrogen) atoms. The van der Waals surface area contributed by atoms with Crippen molar-refractivity contribution in [3.05, 3.63) is 0 Å². The van der Waals surface area contributed by atoms with Gasteiger partial charge in [0.2, 0.25) is 5.91 Å². The Morgan fingerprint density at radius 1 is 1.16 bits per heavy atom. The maximum absolute atomic E-state index is 11.7. The molecule has 6 heteroatoms. The molecule has 0 saturated heterocycles. The van der Waals surface area contributed by atoms with Crippen LogP contribution in [0.25, 0.3) is 0 Å². The molecule has 0 rings (SSSR count). The molecule has 0 heterocycles. The van der Waals surface area contributed by atoms with Crippen molar-refractivity contribution in [3.63, 3.8) is 0 Å². The van der Waals surface area contributed by atoms with Gasteiger partial charge in [-0.05, 0) is 25.7 Å². The highest BCUT2D eigenvalue weighted by atomic mass is 35.5. The van der Waals surface area contributed by atoms with Crippen LogP contribution in [0, 0.1) is 5.92 Å². The Morgan fingerprint density at radius 3 is 2.16 bits per heavy atom. The molecule has 0 fully saturated rings. The first-order valence-corrected chi connectivity index (χ1v) is 6.65. The second-order valence-electron chi connectivity index (χ2n) is 5.04. The van der Waals surface area contributed by atoms with Gasteiger partial charge in [-0.2, -0.15) is 0 Å². The third-order valence-corrected chi connectivity index (χ3v) is 2.74. The normalized spacial score (nSPS) is 13.5. The fraction of sp³-hybridized carbons (Fsp3) is 0.846. The lowest BCUT2D eigenvalue weighted by Crippen LogP contribution is -2.49. The zero-order valence-corrected chi connectivity index (χ0v) is 13.0. The highest BCUT2D eigenvalue weighted by molar-refractivity contribution is 5.85. The minimum atomic E-state index is -0.904. The number of amides is 1. The van der Waals surface area contributed by atoms with Crippen molar-refractivity contribution in [2.75, 3.05) is 6.54 Å². The van der Waals surface area contributed by atoms with Crippen molar-refractivity contribution in [3.8, 4) is 0 Å². The maximum Gasteiger partial charge on any atom is 0.320 e. The molecule has 0 radical (unpaired) electrons. The van der Waals surface area contributed by atoms with Crippen molar-refractivity contribution < 1.29 is 14.7 Å². The SMILES string of the molecule is CCCC(NC(C)C(=O)NCCC(C)C)C(=O)O.Cl. The number of aliphatic carboxylic acids is 1. The molecule has 3 N–H and O–H groups in total. The fourth-order valence-corrected chi connectivity index (χ4v) is 1.58. The van der Waals surface area contributed by atoms with E-state index < -0.39 is 18.1 Å². The summed E-state index contributed by atoms with van der Waals surface area (Å²) in [5.41, 5.74) is 0. The number of hydrogen-bond donors (Lipinski definition) is 3. The summed E-state index contributed by atoms with van der Waals surface area (Å²) in [4.78, 5) is 22.7. The zero-order valence-electron chi connectivity index (χ0n) is 12.2.